The maximum atomic E-state index is 5.18. The number of nitrogens with zero attached hydrogens (tertiary/aromatic N) is 5. The van der Waals surface area contributed by atoms with E-state index >= 15 is 0 Å². The topological polar surface area (TPSA) is 48.5 Å². The van der Waals surface area contributed by atoms with Crippen molar-refractivity contribution in [2.24, 2.45) is 0 Å². The molecule has 0 fully saturated rings. The lowest BCUT2D eigenvalue weighted by atomic mass is 9.96. The van der Waals surface area contributed by atoms with E-state index in [1.807, 2.05) is 36.4 Å². The van der Waals surface area contributed by atoms with Gasteiger partial charge in [0.2, 0.25) is 5.95 Å². The van der Waals surface area contributed by atoms with Crippen molar-refractivity contribution >= 4 is 54.4 Å². The molecular weight excluding hydrogens is 635 g/mol. The largest absolute Gasteiger partial charge is 0.309 e. The molecule has 8 aromatic carbocycles. The number of rotatable bonds is 5. The van der Waals surface area contributed by atoms with Gasteiger partial charge >= 0.3 is 0 Å². The molecule has 0 saturated carbocycles. The summed E-state index contributed by atoms with van der Waals surface area (Å²) in [6, 6.07) is 62.1. The fourth-order valence-corrected chi connectivity index (χ4v) is 7.98. The average molecular weight is 664 g/mol. The van der Waals surface area contributed by atoms with Crippen LogP contribution in [0, 0.1) is 0 Å². The van der Waals surface area contributed by atoms with Crippen LogP contribution in [0.4, 0.5) is 0 Å². The Morgan fingerprint density at radius 1 is 0.327 bits per heavy atom. The monoisotopic (exact) mass is 663 g/mol. The zero-order valence-electron chi connectivity index (χ0n) is 28.0. The molecule has 3 heterocycles. The van der Waals surface area contributed by atoms with Crippen molar-refractivity contribution in [1.29, 1.82) is 0 Å². The summed E-state index contributed by atoms with van der Waals surface area (Å²) in [5.41, 5.74) is 9.85. The zero-order valence-corrected chi connectivity index (χ0v) is 28.0. The summed E-state index contributed by atoms with van der Waals surface area (Å²) in [5, 5.41) is 7.25. The van der Waals surface area contributed by atoms with Crippen LogP contribution in [0.3, 0.4) is 0 Å². The van der Waals surface area contributed by atoms with Gasteiger partial charge < -0.3 is 4.57 Å². The van der Waals surface area contributed by atoms with Crippen molar-refractivity contribution in [3.63, 3.8) is 0 Å². The second-order valence-corrected chi connectivity index (χ2v) is 13.3. The summed E-state index contributed by atoms with van der Waals surface area (Å²) in [4.78, 5) is 15.3. The Morgan fingerprint density at radius 2 is 0.942 bits per heavy atom. The Labute approximate surface area is 299 Å². The third-order valence-corrected chi connectivity index (χ3v) is 10.3. The van der Waals surface area contributed by atoms with Gasteiger partial charge in [-0.25, -0.2) is 4.98 Å². The molecule has 0 atom stereocenters. The van der Waals surface area contributed by atoms with Crippen LogP contribution in [-0.4, -0.2) is 24.1 Å². The van der Waals surface area contributed by atoms with Gasteiger partial charge in [-0.15, -0.1) is 0 Å². The SMILES string of the molecule is c1ccc(-c2nc(-c3ccccc3)nc(-n3c4cccc5ccc6cc(-c7ccc8c(c7)c7ccccc7n8-c7ccccc7)cc3c6c54)n2)cc1. The first-order valence-electron chi connectivity index (χ1n) is 17.5. The standard InChI is InChI=1S/C47H29N5/c1-4-13-31(14-5-1)45-48-46(32-15-6-2-7-16-32)50-47(49-45)52-41-22-12-17-30-23-24-34-27-35(29-42(52)44(34)43(30)41)33-25-26-40-38(28-33)37-20-10-11-21-39(37)51(40)36-18-8-3-9-19-36/h1-29H. The van der Waals surface area contributed by atoms with Crippen LogP contribution in [0.15, 0.2) is 176 Å². The number of hydrogen-bond donors (Lipinski definition) is 0. The van der Waals surface area contributed by atoms with Gasteiger partial charge in [0.15, 0.2) is 11.6 Å². The van der Waals surface area contributed by atoms with E-state index in [4.69, 9.17) is 15.0 Å². The first-order chi connectivity index (χ1) is 25.8. The summed E-state index contributed by atoms with van der Waals surface area (Å²) in [6.45, 7) is 0. The molecule has 0 saturated heterocycles. The molecule has 0 amide bonds. The van der Waals surface area contributed by atoms with Gasteiger partial charge in [0.25, 0.3) is 0 Å². The van der Waals surface area contributed by atoms with Crippen LogP contribution in [-0.2, 0) is 0 Å². The minimum absolute atomic E-state index is 0.594. The van der Waals surface area contributed by atoms with Crippen LogP contribution in [0.25, 0.3) is 99.9 Å². The lowest BCUT2D eigenvalue weighted by molar-refractivity contribution is 0.954. The van der Waals surface area contributed by atoms with Crippen molar-refractivity contribution in [2.45, 2.75) is 0 Å². The highest BCUT2D eigenvalue weighted by Gasteiger charge is 2.22. The highest BCUT2D eigenvalue weighted by Crippen LogP contribution is 2.42. The fourth-order valence-electron chi connectivity index (χ4n) is 7.98. The predicted octanol–water partition coefficient (Wildman–Crippen LogP) is 11.7. The molecule has 0 aliphatic rings. The second kappa shape index (κ2) is 11.2. The molecule has 11 aromatic rings. The number of aromatic nitrogens is 5. The van der Waals surface area contributed by atoms with E-state index in [-0.39, 0.29) is 0 Å². The third-order valence-electron chi connectivity index (χ3n) is 10.3. The summed E-state index contributed by atoms with van der Waals surface area (Å²) in [6.07, 6.45) is 0. The van der Waals surface area contributed by atoms with Gasteiger partial charge in [-0.1, -0.05) is 127 Å². The van der Waals surface area contributed by atoms with E-state index in [0.29, 0.717) is 17.6 Å². The first-order valence-corrected chi connectivity index (χ1v) is 17.5. The molecule has 5 nitrogen and oxygen atoms in total. The van der Waals surface area contributed by atoms with Crippen molar-refractivity contribution < 1.29 is 0 Å². The first kappa shape index (κ1) is 28.7. The highest BCUT2D eigenvalue weighted by molar-refractivity contribution is 6.25. The van der Waals surface area contributed by atoms with Gasteiger partial charge in [0.1, 0.15) is 0 Å². The molecule has 52 heavy (non-hydrogen) atoms. The molecule has 5 heteroatoms. The number of benzene rings is 8. The second-order valence-electron chi connectivity index (χ2n) is 13.3. The molecule has 11 rings (SSSR count). The summed E-state index contributed by atoms with van der Waals surface area (Å²) in [7, 11) is 0. The maximum Gasteiger partial charge on any atom is 0.238 e. The molecule has 3 aromatic heterocycles. The maximum absolute atomic E-state index is 5.18. The molecule has 0 aliphatic heterocycles. The Bertz CT molecular complexity index is 3050. The molecule has 0 radical (unpaired) electrons. The smallest absolute Gasteiger partial charge is 0.238 e. The summed E-state index contributed by atoms with van der Waals surface area (Å²) in [5.74, 6) is 1.87. The molecule has 242 valence electrons. The Hall–Kier alpha value is -7.11. The van der Waals surface area contributed by atoms with Gasteiger partial charge in [0.05, 0.1) is 22.1 Å². The van der Waals surface area contributed by atoms with Gasteiger partial charge in [-0.2, -0.15) is 9.97 Å². The van der Waals surface area contributed by atoms with Crippen LogP contribution >= 0.6 is 0 Å². The zero-order chi connectivity index (χ0) is 34.2. The van der Waals surface area contributed by atoms with E-state index in [9.17, 15) is 0 Å². The number of hydrogen-bond acceptors (Lipinski definition) is 3. The Morgan fingerprint density at radius 3 is 1.69 bits per heavy atom. The molecule has 0 bridgehead atoms. The molecule has 0 N–H and O–H groups in total. The quantitative estimate of drug-likeness (QED) is 0.172. The highest BCUT2D eigenvalue weighted by atomic mass is 15.2. The average Bonchev–Trinajstić information content (AvgIpc) is 3.74. The van der Waals surface area contributed by atoms with Crippen molar-refractivity contribution in [2.75, 3.05) is 0 Å². The molecule has 0 spiro atoms. The lowest BCUT2D eigenvalue weighted by Gasteiger charge is -2.12. The molecule has 0 unspecified atom stereocenters. The Balaban J connectivity index is 1.18. The molecular formula is C47H29N5. The van der Waals surface area contributed by atoms with Gasteiger partial charge in [-0.05, 0) is 70.4 Å². The van der Waals surface area contributed by atoms with Gasteiger partial charge in [0, 0.05) is 38.4 Å². The van der Waals surface area contributed by atoms with Gasteiger partial charge in [-0.3, -0.25) is 4.57 Å². The van der Waals surface area contributed by atoms with Crippen molar-refractivity contribution in [3.8, 4) is 45.5 Å². The number of fused-ring (bicyclic) bond motifs is 3. The summed E-state index contributed by atoms with van der Waals surface area (Å²) >= 11 is 0. The Kier molecular flexibility index (Phi) is 6.18. The van der Waals surface area contributed by atoms with Crippen LogP contribution in [0.5, 0.6) is 0 Å². The predicted molar refractivity (Wildman–Crippen MR) is 214 cm³/mol. The van der Waals surface area contributed by atoms with E-state index in [0.717, 1.165) is 39.0 Å². The minimum Gasteiger partial charge on any atom is -0.309 e. The lowest BCUT2D eigenvalue weighted by Crippen LogP contribution is -2.06. The fraction of sp³-hybridized carbons (Fsp3) is 0. The van der Waals surface area contributed by atoms with Crippen LogP contribution in [0.1, 0.15) is 0 Å². The van der Waals surface area contributed by atoms with E-state index in [1.165, 1.54) is 43.4 Å². The normalized spacial score (nSPS) is 11.8. The van der Waals surface area contributed by atoms with Crippen molar-refractivity contribution in [1.82, 2.24) is 24.1 Å². The van der Waals surface area contributed by atoms with Crippen LogP contribution < -0.4 is 0 Å². The van der Waals surface area contributed by atoms with E-state index in [2.05, 4.69) is 149 Å². The summed E-state index contributed by atoms with van der Waals surface area (Å²) < 4.78 is 4.59. The van der Waals surface area contributed by atoms with Crippen LogP contribution in [0.2, 0.25) is 0 Å². The van der Waals surface area contributed by atoms with Crippen molar-refractivity contribution in [3.05, 3.63) is 176 Å². The number of para-hydroxylation sites is 2. The van der Waals surface area contributed by atoms with E-state index in [1.54, 1.807) is 0 Å². The third kappa shape index (κ3) is 4.33. The molecule has 0 aliphatic carbocycles. The minimum atomic E-state index is 0.594. The van der Waals surface area contributed by atoms with E-state index < -0.39 is 0 Å².